The molecule has 3 aromatic rings. The van der Waals surface area contributed by atoms with Gasteiger partial charge in [0, 0.05) is 30.1 Å². The number of benzene rings is 2. The summed E-state index contributed by atoms with van der Waals surface area (Å²) in [4.78, 5) is 18.3. The minimum Gasteiger partial charge on any atom is -0.383 e. The van der Waals surface area contributed by atoms with Crippen molar-refractivity contribution >= 4 is 17.5 Å². The van der Waals surface area contributed by atoms with E-state index in [-0.39, 0.29) is 42.3 Å². The third kappa shape index (κ3) is 5.28. The van der Waals surface area contributed by atoms with Crippen molar-refractivity contribution in [2.24, 2.45) is 0 Å². The number of rotatable bonds is 3. The number of nitrogens with zero attached hydrogens (tertiary/aromatic N) is 2. The molecule has 1 N–H and O–H groups in total. The number of amides is 1. The summed E-state index contributed by atoms with van der Waals surface area (Å²) in [5.41, 5.74) is -3.76. The molecule has 1 fully saturated rings. The summed E-state index contributed by atoms with van der Waals surface area (Å²) in [7, 11) is 0. The summed E-state index contributed by atoms with van der Waals surface area (Å²) in [6, 6.07) is 8.09. The highest BCUT2D eigenvalue weighted by molar-refractivity contribution is 6.30. The minimum absolute atomic E-state index is 0.0296. The van der Waals surface area contributed by atoms with Crippen LogP contribution in [0.3, 0.4) is 0 Å². The highest BCUT2D eigenvalue weighted by Crippen LogP contribution is 2.39. The molecule has 0 spiro atoms. The molecular weight excluding hydrogens is 498 g/mol. The van der Waals surface area contributed by atoms with Crippen molar-refractivity contribution in [2.75, 3.05) is 13.1 Å². The SMILES string of the molecule is O=C(c1ccc(-c2cc(C(F)(F)F)cc(C(F)(F)F)c2)cc1)N1CCC(O)(c2cncc(Cl)c2)C1. The van der Waals surface area contributed by atoms with Crippen molar-refractivity contribution in [1.82, 2.24) is 9.88 Å². The molecule has 1 atom stereocenters. The second kappa shape index (κ2) is 8.83. The van der Waals surface area contributed by atoms with Gasteiger partial charge >= 0.3 is 12.4 Å². The molecule has 2 heterocycles. The van der Waals surface area contributed by atoms with Crippen LogP contribution in [0.1, 0.15) is 33.5 Å². The molecule has 4 rings (SSSR count). The van der Waals surface area contributed by atoms with Crippen molar-refractivity contribution in [3.63, 3.8) is 0 Å². The highest BCUT2D eigenvalue weighted by atomic mass is 35.5. The molecule has 11 heteroatoms. The minimum atomic E-state index is -4.96. The molecule has 1 saturated heterocycles. The molecule has 1 aliphatic rings. The number of hydrogen-bond donors (Lipinski definition) is 1. The van der Waals surface area contributed by atoms with E-state index in [1.807, 2.05) is 0 Å². The van der Waals surface area contributed by atoms with E-state index in [1.54, 1.807) is 6.07 Å². The van der Waals surface area contributed by atoms with E-state index in [4.69, 9.17) is 11.6 Å². The first kappa shape index (κ1) is 25.0. The number of hydrogen-bond acceptors (Lipinski definition) is 3. The second-order valence-electron chi connectivity index (χ2n) is 8.27. The first-order valence-electron chi connectivity index (χ1n) is 10.3. The molecule has 0 radical (unpaired) electrons. The predicted octanol–water partition coefficient (Wildman–Crippen LogP) is 6.17. The Kier molecular flexibility index (Phi) is 6.31. The fourth-order valence-electron chi connectivity index (χ4n) is 3.98. The first-order chi connectivity index (χ1) is 16.3. The largest absolute Gasteiger partial charge is 0.416 e. The molecule has 1 aromatic heterocycles. The van der Waals surface area contributed by atoms with Crippen molar-refractivity contribution in [1.29, 1.82) is 0 Å². The van der Waals surface area contributed by atoms with Gasteiger partial charge in [0.1, 0.15) is 5.60 Å². The van der Waals surface area contributed by atoms with Gasteiger partial charge in [0.2, 0.25) is 0 Å². The Morgan fingerprint density at radius 1 is 0.914 bits per heavy atom. The van der Waals surface area contributed by atoms with E-state index in [9.17, 15) is 36.2 Å². The van der Waals surface area contributed by atoms with Gasteiger partial charge in [-0.1, -0.05) is 23.7 Å². The number of halogens is 7. The number of carbonyl (C=O) groups excluding carboxylic acids is 1. The summed E-state index contributed by atoms with van der Waals surface area (Å²) in [5.74, 6) is -0.442. The van der Waals surface area contributed by atoms with Crippen LogP contribution in [0.4, 0.5) is 26.3 Å². The number of β-amino-alcohol motifs (C(OH)–C–C–N with tert-alkyl or cyclic N) is 1. The zero-order valence-electron chi connectivity index (χ0n) is 17.8. The maximum Gasteiger partial charge on any atom is 0.416 e. The van der Waals surface area contributed by atoms with Crippen molar-refractivity contribution in [3.05, 3.63) is 88.2 Å². The topological polar surface area (TPSA) is 53.4 Å². The van der Waals surface area contributed by atoms with Crippen LogP contribution >= 0.6 is 11.6 Å². The zero-order chi connectivity index (χ0) is 25.6. The predicted molar refractivity (Wildman–Crippen MR) is 116 cm³/mol. The van der Waals surface area contributed by atoms with Gasteiger partial charge < -0.3 is 10.0 Å². The Hall–Kier alpha value is -3.11. The molecular formula is C24H17ClF6N2O2. The molecule has 0 saturated carbocycles. The third-order valence-electron chi connectivity index (χ3n) is 5.83. The summed E-state index contributed by atoms with van der Waals surface area (Å²) < 4.78 is 78.9. The lowest BCUT2D eigenvalue weighted by Crippen LogP contribution is -2.34. The van der Waals surface area contributed by atoms with E-state index < -0.39 is 35.0 Å². The van der Waals surface area contributed by atoms with Crippen molar-refractivity contribution in [3.8, 4) is 11.1 Å². The number of likely N-dealkylation sites (tertiary alicyclic amines) is 1. The van der Waals surface area contributed by atoms with Gasteiger partial charge in [-0.2, -0.15) is 26.3 Å². The molecule has 1 amide bonds. The fourth-order valence-corrected chi connectivity index (χ4v) is 4.15. The van der Waals surface area contributed by atoms with E-state index in [0.717, 1.165) is 0 Å². The lowest BCUT2D eigenvalue weighted by atomic mass is 9.95. The summed E-state index contributed by atoms with van der Waals surface area (Å²) >= 11 is 5.94. The Morgan fingerprint density at radius 2 is 1.51 bits per heavy atom. The Balaban J connectivity index is 1.57. The van der Waals surface area contributed by atoms with Crippen LogP contribution in [0.15, 0.2) is 60.9 Å². The van der Waals surface area contributed by atoms with E-state index in [2.05, 4.69) is 4.98 Å². The van der Waals surface area contributed by atoms with Gasteiger partial charge in [0.15, 0.2) is 0 Å². The third-order valence-corrected chi connectivity index (χ3v) is 6.04. The number of pyridine rings is 1. The number of aliphatic hydroxyl groups is 1. The van der Waals surface area contributed by atoms with Crippen LogP contribution < -0.4 is 0 Å². The average molecular weight is 515 g/mol. The van der Waals surface area contributed by atoms with Crippen molar-refractivity contribution in [2.45, 2.75) is 24.4 Å². The smallest absolute Gasteiger partial charge is 0.383 e. The fraction of sp³-hybridized carbons (Fsp3) is 0.250. The lowest BCUT2D eigenvalue weighted by Gasteiger charge is -2.24. The number of carbonyl (C=O) groups is 1. The van der Waals surface area contributed by atoms with Gasteiger partial charge in [-0.05, 0) is 53.9 Å². The number of alkyl halides is 6. The van der Waals surface area contributed by atoms with E-state index >= 15 is 0 Å². The van der Waals surface area contributed by atoms with Gasteiger partial charge in [-0.25, -0.2) is 0 Å². The maximum atomic E-state index is 13.2. The normalized spacial score (nSPS) is 18.7. The average Bonchev–Trinajstić information content (AvgIpc) is 3.21. The van der Waals surface area contributed by atoms with Crippen LogP contribution in [-0.4, -0.2) is 34.0 Å². The van der Waals surface area contributed by atoms with E-state index in [0.29, 0.717) is 22.7 Å². The van der Waals surface area contributed by atoms with Gasteiger partial charge in [0.25, 0.3) is 5.91 Å². The van der Waals surface area contributed by atoms with Crippen LogP contribution in [-0.2, 0) is 18.0 Å². The van der Waals surface area contributed by atoms with Gasteiger partial charge in [-0.3, -0.25) is 9.78 Å². The second-order valence-corrected chi connectivity index (χ2v) is 8.71. The Morgan fingerprint density at radius 3 is 2.06 bits per heavy atom. The number of aromatic nitrogens is 1. The quantitative estimate of drug-likeness (QED) is 0.425. The molecule has 35 heavy (non-hydrogen) atoms. The Labute approximate surface area is 200 Å². The lowest BCUT2D eigenvalue weighted by molar-refractivity contribution is -0.143. The summed E-state index contributed by atoms with van der Waals surface area (Å²) in [6.07, 6.45) is -6.81. The highest BCUT2D eigenvalue weighted by Gasteiger charge is 2.40. The van der Waals surface area contributed by atoms with E-state index in [1.165, 1.54) is 41.6 Å². The molecule has 1 aliphatic heterocycles. The van der Waals surface area contributed by atoms with Crippen LogP contribution in [0.25, 0.3) is 11.1 Å². The molecule has 1 unspecified atom stereocenters. The molecule has 2 aromatic carbocycles. The molecule has 0 bridgehead atoms. The monoisotopic (exact) mass is 514 g/mol. The molecule has 4 nitrogen and oxygen atoms in total. The van der Waals surface area contributed by atoms with Crippen molar-refractivity contribution < 1.29 is 36.2 Å². The Bertz CT molecular complexity index is 1230. The summed E-state index contributed by atoms with van der Waals surface area (Å²) in [6.45, 7) is 0.199. The zero-order valence-corrected chi connectivity index (χ0v) is 18.5. The molecule has 184 valence electrons. The van der Waals surface area contributed by atoms with Crippen LogP contribution in [0.5, 0.6) is 0 Å². The van der Waals surface area contributed by atoms with Crippen LogP contribution in [0, 0.1) is 0 Å². The summed E-state index contributed by atoms with van der Waals surface area (Å²) in [5, 5.41) is 11.3. The van der Waals surface area contributed by atoms with Gasteiger partial charge in [-0.15, -0.1) is 0 Å². The van der Waals surface area contributed by atoms with Gasteiger partial charge in [0.05, 0.1) is 22.7 Å². The van der Waals surface area contributed by atoms with Crippen LogP contribution in [0.2, 0.25) is 5.02 Å². The standard InChI is InChI=1S/C24H17ClF6N2O2/c25-20-10-19(11-32-12-20)22(35)5-6-33(13-22)21(34)15-3-1-14(2-4-15)16-7-17(23(26,27)28)9-18(8-16)24(29,30)31/h1-4,7-12,35H,5-6,13H2. The maximum absolute atomic E-state index is 13.2. The first-order valence-corrected chi connectivity index (χ1v) is 10.7. The molecule has 0 aliphatic carbocycles.